The van der Waals surface area contributed by atoms with Crippen LogP contribution in [-0.2, 0) is 14.8 Å². The predicted molar refractivity (Wildman–Crippen MR) is 136 cm³/mol. The topological polar surface area (TPSA) is 114 Å². The van der Waals surface area contributed by atoms with E-state index in [1.165, 1.54) is 31.4 Å². The first-order chi connectivity index (χ1) is 17.4. The van der Waals surface area contributed by atoms with Crippen molar-refractivity contribution in [3.8, 4) is 5.75 Å². The third-order valence-corrected chi connectivity index (χ3v) is 7.90. The van der Waals surface area contributed by atoms with E-state index >= 15 is 0 Å². The monoisotopic (exact) mass is 515 g/mol. The molecule has 10 heteroatoms. The third-order valence-electron chi connectivity index (χ3n) is 6.54. The van der Waals surface area contributed by atoms with Crippen molar-refractivity contribution in [2.45, 2.75) is 49.5 Å². The number of amides is 2. The normalized spacial score (nSPS) is 18.4. The maximum absolute atomic E-state index is 13.3. The van der Waals surface area contributed by atoms with Gasteiger partial charge in [0, 0.05) is 26.2 Å². The molecule has 2 aromatic rings. The fraction of sp³-hybridized carbons (Fsp3) is 0.462. The van der Waals surface area contributed by atoms with Crippen LogP contribution < -0.4 is 14.8 Å². The van der Waals surface area contributed by atoms with Crippen molar-refractivity contribution in [3.05, 3.63) is 53.6 Å². The molecule has 9 nitrogen and oxygen atoms in total. The molecule has 0 saturated carbocycles. The Bertz CT molecular complexity index is 1190. The van der Waals surface area contributed by atoms with Gasteiger partial charge in [0.1, 0.15) is 5.75 Å². The van der Waals surface area contributed by atoms with Gasteiger partial charge in [-0.25, -0.2) is 8.42 Å². The van der Waals surface area contributed by atoms with Crippen LogP contribution in [0.2, 0.25) is 0 Å². The standard InChI is InChI=1S/C26H33N3O6S/c1-34-24-13-12-20(17-22(24)26(31)29-14-6-2-3-7-15-29)36(32,33)28-23-11-5-4-10-21(23)25(30)27-18-19-9-8-16-35-19/h4-5,10-13,17,19,28H,2-3,6-9,14-16,18H2,1H3,(H,27,30)/t19-/m1/s1. The average molecular weight is 516 g/mol. The van der Waals surface area contributed by atoms with Crippen molar-refractivity contribution in [1.29, 1.82) is 0 Å². The lowest BCUT2D eigenvalue weighted by molar-refractivity contribution is 0.0757. The molecule has 4 rings (SSSR count). The molecule has 2 N–H and O–H groups in total. The maximum Gasteiger partial charge on any atom is 0.261 e. The summed E-state index contributed by atoms with van der Waals surface area (Å²) in [6.07, 6.45) is 5.78. The first-order valence-corrected chi connectivity index (χ1v) is 13.9. The minimum absolute atomic E-state index is 0.0303. The summed E-state index contributed by atoms with van der Waals surface area (Å²) in [4.78, 5) is 27.7. The number of rotatable bonds is 8. The van der Waals surface area contributed by atoms with Crippen LogP contribution in [0, 0.1) is 0 Å². The van der Waals surface area contributed by atoms with Gasteiger partial charge >= 0.3 is 0 Å². The van der Waals surface area contributed by atoms with Crippen molar-refractivity contribution in [3.63, 3.8) is 0 Å². The van der Waals surface area contributed by atoms with Gasteiger partial charge in [-0.3, -0.25) is 14.3 Å². The van der Waals surface area contributed by atoms with Crippen LogP contribution in [0.5, 0.6) is 5.75 Å². The lowest BCUT2D eigenvalue weighted by Gasteiger charge is -2.22. The van der Waals surface area contributed by atoms with E-state index in [0.29, 0.717) is 32.0 Å². The quantitative estimate of drug-likeness (QED) is 0.557. The highest BCUT2D eigenvalue weighted by atomic mass is 32.2. The Kier molecular flexibility index (Phi) is 8.48. The molecule has 0 bridgehead atoms. The Labute approximate surface area is 212 Å². The summed E-state index contributed by atoms with van der Waals surface area (Å²) in [7, 11) is -2.65. The second-order valence-corrected chi connectivity index (χ2v) is 10.7. The van der Waals surface area contributed by atoms with E-state index < -0.39 is 15.9 Å². The van der Waals surface area contributed by atoms with E-state index in [4.69, 9.17) is 9.47 Å². The summed E-state index contributed by atoms with van der Waals surface area (Å²) < 4.78 is 40.1. The van der Waals surface area contributed by atoms with Crippen LogP contribution in [0.3, 0.4) is 0 Å². The number of para-hydroxylation sites is 1. The van der Waals surface area contributed by atoms with Gasteiger partial charge in [-0.15, -0.1) is 0 Å². The first-order valence-electron chi connectivity index (χ1n) is 12.4. The number of nitrogens with one attached hydrogen (secondary N) is 2. The molecule has 1 atom stereocenters. The molecular formula is C26H33N3O6S. The highest BCUT2D eigenvalue weighted by Crippen LogP contribution is 2.27. The van der Waals surface area contributed by atoms with E-state index in [1.54, 1.807) is 23.1 Å². The minimum atomic E-state index is -4.10. The van der Waals surface area contributed by atoms with Gasteiger partial charge in [-0.05, 0) is 56.0 Å². The maximum atomic E-state index is 13.3. The zero-order chi connectivity index (χ0) is 25.5. The summed E-state index contributed by atoms with van der Waals surface area (Å²) in [6, 6.07) is 10.6. The molecule has 0 aromatic heterocycles. The van der Waals surface area contributed by atoms with Crippen LogP contribution in [-0.4, -0.2) is 64.6 Å². The van der Waals surface area contributed by atoms with Crippen molar-refractivity contribution in [2.24, 2.45) is 0 Å². The summed E-state index contributed by atoms with van der Waals surface area (Å²) >= 11 is 0. The number of methoxy groups -OCH3 is 1. The van der Waals surface area contributed by atoms with Gasteiger partial charge in [-0.2, -0.15) is 0 Å². The molecule has 0 spiro atoms. The number of sulfonamides is 1. The largest absolute Gasteiger partial charge is 0.496 e. The van der Waals surface area contributed by atoms with Crippen molar-refractivity contribution in [1.82, 2.24) is 10.2 Å². The average Bonchev–Trinajstić information content (AvgIpc) is 3.26. The minimum Gasteiger partial charge on any atom is -0.496 e. The van der Waals surface area contributed by atoms with Crippen LogP contribution >= 0.6 is 0 Å². The molecule has 2 fully saturated rings. The molecule has 36 heavy (non-hydrogen) atoms. The third kappa shape index (κ3) is 6.17. The molecular weight excluding hydrogens is 482 g/mol. The van der Waals surface area contributed by atoms with E-state index in [-0.39, 0.29) is 33.7 Å². The lowest BCUT2D eigenvalue weighted by atomic mass is 10.1. The second kappa shape index (κ2) is 11.7. The smallest absolute Gasteiger partial charge is 0.261 e. The van der Waals surface area contributed by atoms with E-state index in [2.05, 4.69) is 10.0 Å². The number of anilines is 1. The zero-order valence-corrected chi connectivity index (χ0v) is 21.3. The number of carbonyl (C=O) groups excluding carboxylic acids is 2. The van der Waals surface area contributed by atoms with Crippen LogP contribution in [0.4, 0.5) is 5.69 Å². The molecule has 2 amide bonds. The fourth-order valence-corrected chi connectivity index (χ4v) is 5.65. The van der Waals surface area contributed by atoms with Gasteiger partial charge < -0.3 is 19.7 Å². The highest BCUT2D eigenvalue weighted by molar-refractivity contribution is 7.92. The molecule has 0 unspecified atom stereocenters. The van der Waals surface area contributed by atoms with Gasteiger partial charge in [0.25, 0.3) is 21.8 Å². The van der Waals surface area contributed by atoms with E-state index in [0.717, 1.165) is 38.5 Å². The number of hydrogen-bond donors (Lipinski definition) is 2. The Morgan fingerprint density at radius 1 is 1.03 bits per heavy atom. The Hall–Kier alpha value is -3.11. The number of nitrogens with zero attached hydrogens (tertiary/aromatic N) is 1. The first kappa shape index (κ1) is 26.0. The zero-order valence-electron chi connectivity index (χ0n) is 20.5. The fourth-order valence-electron chi connectivity index (χ4n) is 4.55. The molecule has 2 heterocycles. The summed E-state index contributed by atoms with van der Waals surface area (Å²) in [5, 5.41) is 2.82. The van der Waals surface area contributed by atoms with Crippen LogP contribution in [0.15, 0.2) is 47.4 Å². The van der Waals surface area contributed by atoms with Crippen molar-refractivity contribution in [2.75, 3.05) is 38.1 Å². The molecule has 2 aliphatic rings. The second-order valence-electron chi connectivity index (χ2n) is 9.06. The molecule has 0 radical (unpaired) electrons. The Morgan fingerprint density at radius 3 is 2.47 bits per heavy atom. The summed E-state index contributed by atoms with van der Waals surface area (Å²) in [6.45, 7) is 2.30. The molecule has 2 saturated heterocycles. The predicted octanol–water partition coefficient (Wildman–Crippen LogP) is 3.42. The molecule has 194 valence electrons. The number of benzene rings is 2. The molecule has 0 aliphatic carbocycles. The van der Waals surface area contributed by atoms with E-state index in [9.17, 15) is 18.0 Å². The van der Waals surface area contributed by atoms with Crippen LogP contribution in [0.25, 0.3) is 0 Å². The number of likely N-dealkylation sites (tertiary alicyclic amines) is 1. The van der Waals surface area contributed by atoms with Gasteiger partial charge in [0.2, 0.25) is 0 Å². The lowest BCUT2D eigenvalue weighted by Crippen LogP contribution is -2.32. The van der Waals surface area contributed by atoms with E-state index in [1.807, 2.05) is 0 Å². The Morgan fingerprint density at radius 2 is 1.78 bits per heavy atom. The van der Waals surface area contributed by atoms with Gasteiger partial charge in [0.05, 0.1) is 34.9 Å². The van der Waals surface area contributed by atoms with Gasteiger partial charge in [0.15, 0.2) is 0 Å². The van der Waals surface area contributed by atoms with Crippen LogP contribution in [0.1, 0.15) is 59.2 Å². The Balaban J connectivity index is 1.55. The summed E-state index contributed by atoms with van der Waals surface area (Å²) in [5.41, 5.74) is 0.553. The van der Waals surface area contributed by atoms with Crippen molar-refractivity contribution >= 4 is 27.5 Å². The van der Waals surface area contributed by atoms with Crippen molar-refractivity contribution < 1.29 is 27.5 Å². The van der Waals surface area contributed by atoms with Gasteiger partial charge in [-0.1, -0.05) is 25.0 Å². The number of ether oxygens (including phenoxy) is 2. The molecule has 2 aliphatic heterocycles. The summed E-state index contributed by atoms with van der Waals surface area (Å²) in [5.74, 6) is -0.327. The SMILES string of the molecule is COc1ccc(S(=O)(=O)Nc2ccccc2C(=O)NC[C@H]2CCCO2)cc1C(=O)N1CCCCCC1. The number of carbonyl (C=O) groups is 2. The highest BCUT2D eigenvalue weighted by Gasteiger charge is 2.25. The molecule has 2 aromatic carbocycles. The number of hydrogen-bond acceptors (Lipinski definition) is 6.